The molecule has 0 spiro atoms. The molecule has 0 unspecified atom stereocenters. The predicted molar refractivity (Wildman–Crippen MR) is 122 cm³/mol. The fourth-order valence-corrected chi connectivity index (χ4v) is 3.99. The van der Waals surface area contributed by atoms with Gasteiger partial charge in [0, 0.05) is 43.1 Å². The zero-order valence-corrected chi connectivity index (χ0v) is 17.8. The second-order valence-electron chi connectivity index (χ2n) is 7.84. The van der Waals surface area contributed by atoms with E-state index in [1.165, 1.54) is 12.1 Å². The number of fused-ring (bicyclic) bond motifs is 1. The summed E-state index contributed by atoms with van der Waals surface area (Å²) in [6.07, 6.45) is -2.55. The number of pyridine rings is 1. The van der Waals surface area contributed by atoms with Crippen LogP contribution >= 0.6 is 0 Å². The highest BCUT2D eigenvalue weighted by Gasteiger charge is 2.30. The van der Waals surface area contributed by atoms with Gasteiger partial charge in [0.15, 0.2) is 0 Å². The molecule has 2 aromatic carbocycles. The number of rotatable bonds is 5. The predicted octanol–water partition coefficient (Wildman–Crippen LogP) is 5.01. The van der Waals surface area contributed by atoms with Crippen LogP contribution in [-0.4, -0.2) is 35.4 Å². The lowest BCUT2D eigenvalue weighted by Gasteiger charge is -2.25. The van der Waals surface area contributed by atoms with Gasteiger partial charge in [-0.15, -0.1) is 6.58 Å². The van der Waals surface area contributed by atoms with Crippen molar-refractivity contribution in [2.45, 2.75) is 12.7 Å². The van der Waals surface area contributed by atoms with Crippen LogP contribution in [0.1, 0.15) is 21.6 Å². The van der Waals surface area contributed by atoms with Gasteiger partial charge in [-0.25, -0.2) is 4.98 Å². The van der Waals surface area contributed by atoms with Crippen LogP contribution in [0.5, 0.6) is 0 Å². The molecule has 1 aliphatic heterocycles. The molecule has 0 aliphatic carbocycles. The summed E-state index contributed by atoms with van der Waals surface area (Å²) in [5, 5.41) is 0. The molecule has 0 atom stereocenters. The van der Waals surface area contributed by atoms with Crippen LogP contribution in [0.25, 0.3) is 11.3 Å². The lowest BCUT2D eigenvalue weighted by Crippen LogP contribution is -2.29. The third kappa shape index (κ3) is 4.90. The van der Waals surface area contributed by atoms with Crippen molar-refractivity contribution < 1.29 is 18.0 Å². The van der Waals surface area contributed by atoms with Crippen LogP contribution < -0.4 is 10.6 Å². The van der Waals surface area contributed by atoms with Gasteiger partial charge < -0.3 is 10.6 Å². The first-order valence-electron chi connectivity index (χ1n) is 10.4. The van der Waals surface area contributed by atoms with Gasteiger partial charge in [0.1, 0.15) is 5.69 Å². The summed E-state index contributed by atoms with van der Waals surface area (Å²) in [7, 11) is 0. The molecular weight excluding hydrogens is 429 g/mol. The molecule has 3 aromatic rings. The average molecular weight is 452 g/mol. The Morgan fingerprint density at radius 2 is 1.85 bits per heavy atom. The molecule has 0 bridgehead atoms. The van der Waals surface area contributed by atoms with Gasteiger partial charge in [0.25, 0.3) is 5.91 Å². The Morgan fingerprint density at radius 3 is 2.52 bits per heavy atom. The SMILES string of the molecule is C=CCN1CCN(c2ccc(C(F)(F)F)cc2)c2ccc(-c3cccc(C(N)=O)n3)cc2C1. The third-order valence-electron chi connectivity index (χ3n) is 5.59. The number of halogens is 3. The van der Waals surface area contributed by atoms with Crippen LogP contribution in [-0.2, 0) is 12.7 Å². The van der Waals surface area contributed by atoms with Gasteiger partial charge >= 0.3 is 6.18 Å². The van der Waals surface area contributed by atoms with Gasteiger partial charge in [0.2, 0.25) is 0 Å². The van der Waals surface area contributed by atoms with E-state index in [0.717, 1.165) is 28.9 Å². The first-order valence-corrected chi connectivity index (χ1v) is 10.4. The molecule has 0 radical (unpaired) electrons. The minimum atomic E-state index is -4.38. The smallest absolute Gasteiger partial charge is 0.364 e. The lowest BCUT2D eigenvalue weighted by atomic mass is 10.0. The standard InChI is InChI=1S/C25H23F3N4O/c1-2-12-31-13-14-32(20-9-7-19(8-10-20)25(26,27)28)23-11-6-17(15-18(23)16-31)21-4-3-5-22(30-21)24(29)33/h2-11,15H,1,12-14,16H2,(H2,29,33). The normalized spacial score (nSPS) is 14.5. The fourth-order valence-electron chi connectivity index (χ4n) is 3.99. The van der Waals surface area contributed by atoms with Gasteiger partial charge in [-0.2, -0.15) is 13.2 Å². The molecule has 2 N–H and O–H groups in total. The molecule has 1 amide bonds. The summed E-state index contributed by atoms with van der Waals surface area (Å²) in [5.41, 5.74) is 8.92. The van der Waals surface area contributed by atoms with Crippen LogP contribution in [0.2, 0.25) is 0 Å². The second-order valence-corrected chi connectivity index (χ2v) is 7.84. The van der Waals surface area contributed by atoms with E-state index in [0.29, 0.717) is 37.6 Å². The Bertz CT molecular complexity index is 1180. The van der Waals surface area contributed by atoms with E-state index in [1.807, 2.05) is 29.2 Å². The number of carbonyl (C=O) groups excluding carboxylic acids is 1. The van der Waals surface area contributed by atoms with Crippen LogP contribution in [0.15, 0.2) is 73.3 Å². The quantitative estimate of drug-likeness (QED) is 0.553. The van der Waals surface area contributed by atoms with E-state index in [1.54, 1.807) is 18.2 Å². The number of alkyl halides is 3. The van der Waals surface area contributed by atoms with Crippen molar-refractivity contribution in [2.24, 2.45) is 5.73 Å². The summed E-state index contributed by atoms with van der Waals surface area (Å²) < 4.78 is 39.1. The Kier molecular flexibility index (Phi) is 6.20. The number of nitrogens with two attached hydrogens (primary N) is 1. The van der Waals surface area contributed by atoms with Gasteiger partial charge in [-0.05, 0) is 54.1 Å². The highest BCUT2D eigenvalue weighted by atomic mass is 19.4. The van der Waals surface area contributed by atoms with Gasteiger partial charge in [0.05, 0.1) is 11.3 Å². The number of carbonyl (C=O) groups is 1. The van der Waals surface area contributed by atoms with E-state index in [4.69, 9.17) is 5.73 Å². The number of amides is 1. The van der Waals surface area contributed by atoms with Crippen LogP contribution in [0.4, 0.5) is 24.5 Å². The Balaban J connectivity index is 1.75. The minimum Gasteiger partial charge on any atom is -0.364 e. The van der Waals surface area contributed by atoms with Crippen molar-refractivity contribution in [3.05, 3.63) is 90.1 Å². The summed E-state index contributed by atoms with van der Waals surface area (Å²) in [6, 6.07) is 16.2. The number of hydrogen-bond donors (Lipinski definition) is 1. The largest absolute Gasteiger partial charge is 0.416 e. The lowest BCUT2D eigenvalue weighted by molar-refractivity contribution is -0.137. The molecule has 0 saturated heterocycles. The molecule has 8 heteroatoms. The maximum Gasteiger partial charge on any atom is 0.416 e. The summed E-state index contributed by atoms with van der Waals surface area (Å²) in [6.45, 7) is 6.48. The molecule has 4 rings (SSSR count). The topological polar surface area (TPSA) is 62.5 Å². The molecule has 0 fully saturated rings. The van der Waals surface area contributed by atoms with Gasteiger partial charge in [-0.3, -0.25) is 9.69 Å². The zero-order valence-electron chi connectivity index (χ0n) is 17.8. The molecule has 170 valence electrons. The van der Waals surface area contributed by atoms with Crippen LogP contribution in [0.3, 0.4) is 0 Å². The second kappa shape index (κ2) is 9.07. The zero-order chi connectivity index (χ0) is 23.6. The van der Waals surface area contributed by atoms with Crippen molar-refractivity contribution in [3.63, 3.8) is 0 Å². The van der Waals surface area contributed by atoms with Crippen molar-refractivity contribution >= 4 is 17.3 Å². The van der Waals surface area contributed by atoms with E-state index in [2.05, 4.69) is 16.5 Å². The monoisotopic (exact) mass is 452 g/mol. The number of aromatic nitrogens is 1. The molecule has 2 heterocycles. The van der Waals surface area contributed by atoms with Crippen molar-refractivity contribution in [1.29, 1.82) is 0 Å². The minimum absolute atomic E-state index is 0.183. The van der Waals surface area contributed by atoms with Crippen molar-refractivity contribution in [2.75, 3.05) is 24.5 Å². The van der Waals surface area contributed by atoms with E-state index in [9.17, 15) is 18.0 Å². The number of anilines is 2. The molecular formula is C25H23F3N4O. The Morgan fingerprint density at radius 1 is 1.09 bits per heavy atom. The fraction of sp³-hybridized carbons (Fsp3) is 0.200. The first kappa shape index (κ1) is 22.5. The highest BCUT2D eigenvalue weighted by molar-refractivity contribution is 5.91. The van der Waals surface area contributed by atoms with Crippen molar-refractivity contribution in [1.82, 2.24) is 9.88 Å². The number of benzene rings is 2. The summed E-state index contributed by atoms with van der Waals surface area (Å²) in [4.78, 5) is 20.1. The first-order chi connectivity index (χ1) is 15.8. The molecule has 1 aliphatic rings. The Labute approximate surface area is 190 Å². The van der Waals surface area contributed by atoms with Gasteiger partial charge in [-0.1, -0.05) is 18.2 Å². The molecule has 5 nitrogen and oxygen atoms in total. The summed E-state index contributed by atoms with van der Waals surface area (Å²) >= 11 is 0. The van der Waals surface area contributed by atoms with Crippen molar-refractivity contribution in [3.8, 4) is 11.3 Å². The Hall–Kier alpha value is -3.65. The van der Waals surface area contributed by atoms with E-state index < -0.39 is 17.6 Å². The third-order valence-corrected chi connectivity index (χ3v) is 5.59. The van der Waals surface area contributed by atoms with E-state index >= 15 is 0 Å². The number of nitrogens with zero attached hydrogens (tertiary/aromatic N) is 3. The molecule has 33 heavy (non-hydrogen) atoms. The summed E-state index contributed by atoms with van der Waals surface area (Å²) in [5.74, 6) is -0.600. The highest BCUT2D eigenvalue weighted by Crippen LogP contribution is 2.36. The number of primary amides is 1. The molecule has 0 saturated carbocycles. The molecule has 1 aromatic heterocycles. The van der Waals surface area contributed by atoms with Crippen LogP contribution in [0, 0.1) is 0 Å². The maximum absolute atomic E-state index is 13.0. The number of hydrogen-bond acceptors (Lipinski definition) is 4. The maximum atomic E-state index is 13.0. The van der Waals surface area contributed by atoms with E-state index in [-0.39, 0.29) is 5.69 Å². The average Bonchev–Trinajstić information content (AvgIpc) is 2.97.